The highest BCUT2D eigenvalue weighted by molar-refractivity contribution is 7.89. The molecule has 6 heteroatoms. The smallest absolute Gasteiger partial charge is 0.224 e. The van der Waals surface area contributed by atoms with Gasteiger partial charge < -0.3 is 5.73 Å². The summed E-state index contributed by atoms with van der Waals surface area (Å²) in [6, 6.07) is 0. The highest BCUT2D eigenvalue weighted by Gasteiger charge is 2.02. The second-order valence-electron chi connectivity index (χ2n) is 1.72. The van der Waals surface area contributed by atoms with Crippen LogP contribution in [0, 0.1) is 0 Å². The lowest BCUT2D eigenvalue weighted by Crippen LogP contribution is -2.40. The molecule has 5 nitrogen and oxygen atoms in total. The van der Waals surface area contributed by atoms with Crippen molar-refractivity contribution in [1.29, 1.82) is 0 Å². The van der Waals surface area contributed by atoms with Crippen molar-refractivity contribution in [3.63, 3.8) is 0 Å². The van der Waals surface area contributed by atoms with Crippen molar-refractivity contribution in [1.82, 2.24) is 10.3 Å². The van der Waals surface area contributed by atoms with Gasteiger partial charge in [-0.05, 0) is 6.92 Å². The molecule has 0 rings (SSSR count). The van der Waals surface area contributed by atoms with Crippen LogP contribution in [-0.2, 0) is 10.0 Å². The Labute approximate surface area is 61.0 Å². The Kier molecular flexibility index (Phi) is 4.54. The SMILES string of the molecule is CCS(=O)(=O)NNCCN. The number of rotatable bonds is 5. The molecule has 0 aliphatic heterocycles. The summed E-state index contributed by atoms with van der Waals surface area (Å²) in [7, 11) is -3.11. The van der Waals surface area contributed by atoms with Crippen molar-refractivity contribution in [2.45, 2.75) is 6.92 Å². The average molecular weight is 167 g/mol. The average Bonchev–Trinajstić information content (AvgIpc) is 1.89. The Morgan fingerprint density at radius 2 is 2.10 bits per heavy atom. The predicted molar refractivity (Wildman–Crippen MR) is 39.7 cm³/mol. The number of hydrogen-bond acceptors (Lipinski definition) is 4. The van der Waals surface area contributed by atoms with Crippen LogP contribution in [0.25, 0.3) is 0 Å². The molecule has 0 saturated heterocycles. The third-order valence-corrected chi connectivity index (χ3v) is 2.09. The Morgan fingerprint density at radius 3 is 2.50 bits per heavy atom. The lowest BCUT2D eigenvalue weighted by Gasteiger charge is -2.03. The minimum Gasteiger partial charge on any atom is -0.329 e. The third-order valence-electron chi connectivity index (χ3n) is 0.877. The largest absolute Gasteiger partial charge is 0.329 e. The normalized spacial score (nSPS) is 11.8. The first-order valence-electron chi connectivity index (χ1n) is 3.05. The van der Waals surface area contributed by atoms with Crippen molar-refractivity contribution in [3.05, 3.63) is 0 Å². The van der Waals surface area contributed by atoms with E-state index in [-0.39, 0.29) is 5.75 Å². The van der Waals surface area contributed by atoms with E-state index in [9.17, 15) is 8.42 Å². The van der Waals surface area contributed by atoms with E-state index in [1.54, 1.807) is 6.92 Å². The molecule has 0 fully saturated rings. The third kappa shape index (κ3) is 4.68. The van der Waals surface area contributed by atoms with Crippen LogP contribution in [0.15, 0.2) is 0 Å². The molecule has 62 valence electrons. The molecule has 0 atom stereocenters. The molecule has 0 aromatic carbocycles. The van der Waals surface area contributed by atoms with Gasteiger partial charge in [0.05, 0.1) is 5.75 Å². The van der Waals surface area contributed by atoms with Gasteiger partial charge in [0.1, 0.15) is 0 Å². The summed E-state index contributed by atoms with van der Waals surface area (Å²) in [4.78, 5) is 2.15. The van der Waals surface area contributed by atoms with E-state index in [1.165, 1.54) is 0 Å². The van der Waals surface area contributed by atoms with Crippen LogP contribution in [0.1, 0.15) is 6.92 Å². The number of nitrogens with two attached hydrogens (primary N) is 1. The van der Waals surface area contributed by atoms with Crippen molar-refractivity contribution < 1.29 is 8.42 Å². The van der Waals surface area contributed by atoms with Crippen LogP contribution in [-0.4, -0.2) is 27.3 Å². The van der Waals surface area contributed by atoms with Gasteiger partial charge in [0.15, 0.2) is 0 Å². The second-order valence-corrected chi connectivity index (χ2v) is 3.73. The molecule has 10 heavy (non-hydrogen) atoms. The molecular formula is C4H13N3O2S. The fourth-order valence-corrected chi connectivity index (χ4v) is 0.772. The highest BCUT2D eigenvalue weighted by atomic mass is 32.2. The van der Waals surface area contributed by atoms with E-state index < -0.39 is 10.0 Å². The van der Waals surface area contributed by atoms with Gasteiger partial charge in [-0.15, -0.1) is 0 Å². The van der Waals surface area contributed by atoms with Crippen molar-refractivity contribution in [2.75, 3.05) is 18.8 Å². The first-order chi connectivity index (χ1) is 4.62. The van der Waals surface area contributed by atoms with Gasteiger partial charge in [0.2, 0.25) is 10.0 Å². The standard InChI is InChI=1S/C4H13N3O2S/c1-2-10(8,9)7-6-4-3-5/h6-7H,2-5H2,1H3. The van der Waals surface area contributed by atoms with Crippen LogP contribution >= 0.6 is 0 Å². The molecule has 0 saturated carbocycles. The maximum Gasteiger partial charge on any atom is 0.224 e. The van der Waals surface area contributed by atoms with Crippen LogP contribution in [0.4, 0.5) is 0 Å². The van der Waals surface area contributed by atoms with Crippen molar-refractivity contribution in [3.8, 4) is 0 Å². The summed E-state index contributed by atoms with van der Waals surface area (Å²) in [5, 5.41) is 0. The molecular weight excluding hydrogens is 154 g/mol. The zero-order valence-corrected chi connectivity index (χ0v) is 6.74. The fraction of sp³-hybridized carbons (Fsp3) is 1.00. The molecule has 0 unspecified atom stereocenters. The number of sulfonamides is 1. The molecule has 0 radical (unpaired) electrons. The summed E-state index contributed by atoms with van der Waals surface area (Å²) in [5.41, 5.74) is 7.57. The molecule has 0 spiro atoms. The van der Waals surface area contributed by atoms with E-state index in [4.69, 9.17) is 5.73 Å². The monoisotopic (exact) mass is 167 g/mol. The van der Waals surface area contributed by atoms with Gasteiger partial charge in [-0.1, -0.05) is 0 Å². The summed E-state index contributed by atoms with van der Waals surface area (Å²) < 4.78 is 21.3. The summed E-state index contributed by atoms with van der Waals surface area (Å²) in [6.45, 7) is 2.41. The molecule has 0 aromatic heterocycles. The summed E-state index contributed by atoms with van der Waals surface area (Å²) in [5.74, 6) is 0.0740. The zero-order chi connectivity index (χ0) is 8.04. The minimum atomic E-state index is -3.11. The van der Waals surface area contributed by atoms with Gasteiger partial charge >= 0.3 is 0 Å². The van der Waals surface area contributed by atoms with Gasteiger partial charge in [0, 0.05) is 13.1 Å². The fourth-order valence-electron chi connectivity index (χ4n) is 0.305. The first-order valence-corrected chi connectivity index (χ1v) is 4.70. The molecule has 0 aliphatic rings. The van der Waals surface area contributed by atoms with Crippen LogP contribution in [0.3, 0.4) is 0 Å². The van der Waals surface area contributed by atoms with E-state index >= 15 is 0 Å². The Balaban J connectivity index is 3.49. The van der Waals surface area contributed by atoms with E-state index in [1.807, 2.05) is 0 Å². The predicted octanol–water partition coefficient (Wildman–Crippen LogP) is -1.61. The molecule has 4 N–H and O–H groups in total. The Bertz CT molecular complexity index is 165. The van der Waals surface area contributed by atoms with Gasteiger partial charge in [-0.25, -0.2) is 13.8 Å². The zero-order valence-electron chi connectivity index (χ0n) is 5.92. The molecule has 0 aromatic rings. The second kappa shape index (κ2) is 4.62. The van der Waals surface area contributed by atoms with Crippen LogP contribution < -0.4 is 16.0 Å². The lowest BCUT2D eigenvalue weighted by molar-refractivity contribution is 0.558. The Morgan fingerprint density at radius 1 is 1.50 bits per heavy atom. The van der Waals surface area contributed by atoms with Crippen LogP contribution in [0.2, 0.25) is 0 Å². The number of hydrazine groups is 1. The summed E-state index contributed by atoms with van der Waals surface area (Å²) >= 11 is 0. The highest BCUT2D eigenvalue weighted by Crippen LogP contribution is 1.76. The Hall–Kier alpha value is -0.170. The van der Waals surface area contributed by atoms with E-state index in [0.29, 0.717) is 13.1 Å². The van der Waals surface area contributed by atoms with Crippen LogP contribution in [0.5, 0.6) is 0 Å². The molecule has 0 amide bonds. The first kappa shape index (κ1) is 9.83. The van der Waals surface area contributed by atoms with Gasteiger partial charge in [-0.3, -0.25) is 0 Å². The van der Waals surface area contributed by atoms with Gasteiger partial charge in [-0.2, -0.15) is 4.83 Å². The number of nitrogens with one attached hydrogen (secondary N) is 2. The van der Waals surface area contributed by atoms with Crippen molar-refractivity contribution in [2.24, 2.45) is 5.73 Å². The maximum atomic E-state index is 10.7. The molecule has 0 heterocycles. The maximum absolute atomic E-state index is 10.7. The quantitative estimate of drug-likeness (QED) is 0.340. The van der Waals surface area contributed by atoms with E-state index in [0.717, 1.165) is 0 Å². The van der Waals surface area contributed by atoms with E-state index in [2.05, 4.69) is 10.3 Å². The van der Waals surface area contributed by atoms with Crippen molar-refractivity contribution >= 4 is 10.0 Å². The number of hydrogen-bond donors (Lipinski definition) is 3. The minimum absolute atomic E-state index is 0.0740. The summed E-state index contributed by atoms with van der Waals surface area (Å²) in [6.07, 6.45) is 0. The van der Waals surface area contributed by atoms with Gasteiger partial charge in [0.25, 0.3) is 0 Å². The molecule has 0 aliphatic carbocycles. The molecule has 0 bridgehead atoms. The lowest BCUT2D eigenvalue weighted by atomic mass is 10.7. The topological polar surface area (TPSA) is 84.2 Å².